The van der Waals surface area contributed by atoms with Crippen LogP contribution in [0.1, 0.15) is 27.2 Å². The number of hydrogen-bond donors (Lipinski definition) is 1. The number of nitriles is 2. The number of nitrogens with two attached hydrogens (primary N) is 1. The van der Waals surface area contributed by atoms with Crippen molar-refractivity contribution in [2.75, 3.05) is 12.4 Å². The maximum Gasteiger partial charge on any atom is 0.230 e. The molecular formula is C14H18N4OS. The van der Waals surface area contributed by atoms with E-state index in [0.29, 0.717) is 12.5 Å². The van der Waals surface area contributed by atoms with Crippen LogP contribution in [0.25, 0.3) is 0 Å². The van der Waals surface area contributed by atoms with Crippen LogP contribution in [-0.2, 0) is 4.74 Å². The molecule has 1 spiro atoms. The van der Waals surface area contributed by atoms with Crippen LogP contribution in [0, 0.1) is 44.8 Å². The van der Waals surface area contributed by atoms with Crippen LogP contribution in [0.5, 0.6) is 0 Å². The molecule has 0 aromatic rings. The molecule has 2 aliphatic heterocycles. The molecule has 2 fully saturated rings. The van der Waals surface area contributed by atoms with E-state index in [1.807, 2.05) is 6.92 Å². The second-order valence-corrected chi connectivity index (χ2v) is 7.68. The Balaban J connectivity index is 2.21. The molecule has 20 heavy (non-hydrogen) atoms. The zero-order valence-corrected chi connectivity index (χ0v) is 12.8. The molecule has 0 aromatic carbocycles. The first-order valence-electron chi connectivity index (χ1n) is 6.84. The van der Waals surface area contributed by atoms with Gasteiger partial charge in [0.25, 0.3) is 0 Å². The third-order valence-corrected chi connectivity index (χ3v) is 6.39. The van der Waals surface area contributed by atoms with Crippen LogP contribution in [0.3, 0.4) is 0 Å². The Morgan fingerprint density at radius 2 is 2.15 bits per heavy atom. The summed E-state index contributed by atoms with van der Waals surface area (Å²) < 4.78 is 5.85. The van der Waals surface area contributed by atoms with Gasteiger partial charge in [-0.15, -0.1) is 0 Å². The molecule has 4 atom stereocenters. The van der Waals surface area contributed by atoms with Crippen molar-refractivity contribution < 1.29 is 4.74 Å². The highest BCUT2D eigenvalue weighted by Crippen LogP contribution is 2.88. The van der Waals surface area contributed by atoms with Crippen LogP contribution in [0.15, 0.2) is 4.99 Å². The van der Waals surface area contributed by atoms with Crippen molar-refractivity contribution in [3.8, 4) is 12.1 Å². The van der Waals surface area contributed by atoms with E-state index in [0.717, 1.165) is 12.2 Å². The number of ether oxygens (including phenoxy) is 1. The van der Waals surface area contributed by atoms with E-state index >= 15 is 0 Å². The van der Waals surface area contributed by atoms with E-state index in [1.54, 1.807) is 0 Å². The molecule has 2 heterocycles. The SMILES string of the molecule is CC(C)C[C@]1(C)[C@]2(C#N)C(N)=N[C@@]3(OCCS3)[C@]12C#N. The quantitative estimate of drug-likeness (QED) is 0.837. The molecule has 0 radical (unpaired) electrons. The summed E-state index contributed by atoms with van der Waals surface area (Å²) in [6.45, 7) is 6.73. The number of amidine groups is 1. The van der Waals surface area contributed by atoms with Gasteiger partial charge in [0.2, 0.25) is 5.06 Å². The highest BCUT2D eigenvalue weighted by Gasteiger charge is 2.98. The highest BCUT2D eigenvalue weighted by molar-refractivity contribution is 8.00. The summed E-state index contributed by atoms with van der Waals surface area (Å²) >= 11 is 1.51. The van der Waals surface area contributed by atoms with Crippen LogP contribution >= 0.6 is 11.8 Å². The number of nitrogens with zero attached hydrogens (tertiary/aromatic N) is 3. The van der Waals surface area contributed by atoms with Crippen molar-refractivity contribution in [3.63, 3.8) is 0 Å². The molecule has 0 bridgehead atoms. The first-order valence-corrected chi connectivity index (χ1v) is 7.82. The van der Waals surface area contributed by atoms with Gasteiger partial charge in [0.05, 0.1) is 18.7 Å². The Bertz CT molecular complexity index is 583. The number of aliphatic imine (C=N–C) groups is 1. The smallest absolute Gasteiger partial charge is 0.230 e. The summed E-state index contributed by atoms with van der Waals surface area (Å²) in [4.78, 5) is 4.43. The summed E-state index contributed by atoms with van der Waals surface area (Å²) in [7, 11) is 0. The van der Waals surface area contributed by atoms with Gasteiger partial charge in [-0.25, -0.2) is 4.99 Å². The Morgan fingerprint density at radius 1 is 1.45 bits per heavy atom. The van der Waals surface area contributed by atoms with Crippen LogP contribution in [0.2, 0.25) is 0 Å². The second kappa shape index (κ2) is 3.69. The van der Waals surface area contributed by atoms with E-state index in [4.69, 9.17) is 10.5 Å². The number of hydrogen-bond acceptors (Lipinski definition) is 6. The summed E-state index contributed by atoms with van der Waals surface area (Å²) in [5.74, 6) is 1.43. The average molecular weight is 290 g/mol. The predicted octanol–water partition coefficient (Wildman–Crippen LogP) is 1.86. The maximum atomic E-state index is 9.93. The third kappa shape index (κ3) is 1.02. The lowest BCUT2D eigenvalue weighted by Gasteiger charge is -2.30. The van der Waals surface area contributed by atoms with Crippen molar-refractivity contribution in [2.24, 2.45) is 32.9 Å². The van der Waals surface area contributed by atoms with Crippen molar-refractivity contribution in [3.05, 3.63) is 0 Å². The fourth-order valence-electron chi connectivity index (χ4n) is 4.52. The topological polar surface area (TPSA) is 95.2 Å². The number of thioether (sulfide) groups is 1. The molecule has 0 unspecified atom stereocenters. The normalized spacial score (nSPS) is 48.8. The fraction of sp³-hybridized carbons (Fsp3) is 0.786. The zero-order valence-electron chi connectivity index (χ0n) is 11.9. The van der Waals surface area contributed by atoms with Crippen LogP contribution in [0.4, 0.5) is 0 Å². The van der Waals surface area contributed by atoms with Crippen molar-refractivity contribution in [1.82, 2.24) is 0 Å². The van der Waals surface area contributed by atoms with Gasteiger partial charge < -0.3 is 10.5 Å². The van der Waals surface area contributed by atoms with Gasteiger partial charge in [-0.1, -0.05) is 32.5 Å². The molecule has 1 aliphatic carbocycles. The lowest BCUT2D eigenvalue weighted by molar-refractivity contribution is 0.00715. The van der Waals surface area contributed by atoms with Crippen LogP contribution in [-0.4, -0.2) is 23.3 Å². The molecule has 1 saturated carbocycles. The lowest BCUT2D eigenvalue weighted by atomic mass is 9.84. The number of rotatable bonds is 2. The van der Waals surface area contributed by atoms with E-state index in [2.05, 4.69) is 31.0 Å². The maximum absolute atomic E-state index is 9.93. The van der Waals surface area contributed by atoms with Gasteiger partial charge in [0.15, 0.2) is 5.41 Å². The highest BCUT2D eigenvalue weighted by atomic mass is 32.2. The lowest BCUT2D eigenvalue weighted by Crippen LogP contribution is -2.36. The van der Waals surface area contributed by atoms with E-state index in [-0.39, 0.29) is 5.84 Å². The Labute approximate surface area is 123 Å². The third-order valence-electron chi connectivity index (χ3n) is 5.11. The molecule has 5 nitrogen and oxygen atoms in total. The molecule has 6 heteroatoms. The largest absolute Gasteiger partial charge is 0.386 e. The minimum atomic E-state index is -1.00. The first-order chi connectivity index (χ1) is 9.37. The van der Waals surface area contributed by atoms with E-state index in [1.165, 1.54) is 11.8 Å². The van der Waals surface area contributed by atoms with Gasteiger partial charge >= 0.3 is 0 Å². The van der Waals surface area contributed by atoms with Gasteiger partial charge in [0.1, 0.15) is 11.3 Å². The van der Waals surface area contributed by atoms with Gasteiger partial charge in [-0.05, 0) is 12.3 Å². The monoisotopic (exact) mass is 290 g/mol. The molecule has 3 aliphatic rings. The van der Waals surface area contributed by atoms with E-state index < -0.39 is 21.3 Å². The molecule has 1 saturated heterocycles. The van der Waals surface area contributed by atoms with Crippen molar-refractivity contribution in [2.45, 2.75) is 32.2 Å². The number of fused-ring (bicyclic) bond motifs is 2. The van der Waals surface area contributed by atoms with Crippen molar-refractivity contribution in [1.29, 1.82) is 10.5 Å². The fourth-order valence-corrected chi connectivity index (χ4v) is 5.93. The minimum absolute atomic E-state index is 0.277. The zero-order chi connectivity index (χ0) is 14.8. The van der Waals surface area contributed by atoms with Crippen molar-refractivity contribution >= 4 is 17.6 Å². The standard InChI is InChI=1S/C14H18N4OS/c1-9(2)6-11(3)12(7-15)10(17)18-14(13(11,12)8-16)19-4-5-20-14/h9H,4-6H2,1-3H3,(H2,17,18)/t11-,12+,13-,14-/m1/s1. The summed E-state index contributed by atoms with van der Waals surface area (Å²) in [6, 6.07) is 4.73. The Kier molecular flexibility index (Phi) is 2.53. The van der Waals surface area contributed by atoms with Crippen LogP contribution < -0.4 is 5.73 Å². The average Bonchev–Trinajstić information content (AvgIpc) is 2.71. The summed E-state index contributed by atoms with van der Waals surface area (Å²) in [5, 5.41) is 18.8. The predicted molar refractivity (Wildman–Crippen MR) is 76.4 cm³/mol. The molecular weight excluding hydrogens is 272 g/mol. The van der Waals surface area contributed by atoms with Gasteiger partial charge in [0, 0.05) is 11.2 Å². The molecule has 0 aromatic heterocycles. The van der Waals surface area contributed by atoms with E-state index in [9.17, 15) is 10.5 Å². The minimum Gasteiger partial charge on any atom is -0.386 e. The summed E-state index contributed by atoms with van der Waals surface area (Å²) in [5.41, 5.74) is 3.65. The first kappa shape index (κ1) is 13.7. The second-order valence-electron chi connectivity index (χ2n) is 6.43. The Morgan fingerprint density at radius 3 is 2.60 bits per heavy atom. The molecule has 2 N–H and O–H groups in total. The Hall–Kier alpha value is -1.24. The molecule has 0 amide bonds. The van der Waals surface area contributed by atoms with Gasteiger partial charge in [-0.2, -0.15) is 10.5 Å². The molecule has 3 rings (SSSR count). The summed E-state index contributed by atoms with van der Waals surface area (Å²) in [6.07, 6.45) is 0.760. The molecule has 106 valence electrons. The van der Waals surface area contributed by atoms with Gasteiger partial charge in [-0.3, -0.25) is 0 Å².